The van der Waals surface area contributed by atoms with Crippen molar-refractivity contribution in [1.29, 1.82) is 0 Å². The summed E-state index contributed by atoms with van der Waals surface area (Å²) < 4.78 is 23.7. The number of carbonyl (C=O) groups is 1. The number of hydrogen-bond donors (Lipinski definition) is 0. The van der Waals surface area contributed by atoms with E-state index in [0.29, 0.717) is 5.56 Å². The fourth-order valence-corrected chi connectivity index (χ4v) is 3.84. The van der Waals surface area contributed by atoms with Crippen molar-refractivity contribution in [3.05, 3.63) is 59.2 Å². The number of anilines is 1. The smallest absolute Gasteiger partial charge is 0.258 e. The van der Waals surface area contributed by atoms with Gasteiger partial charge < -0.3 is 4.90 Å². The average molecular weight is 343 g/mol. The lowest BCUT2D eigenvalue weighted by atomic mass is 9.95. The topological polar surface area (TPSA) is 54.5 Å². The van der Waals surface area contributed by atoms with E-state index < -0.39 is 9.84 Å². The molecule has 1 unspecified atom stereocenters. The number of fused-ring (bicyclic) bond motifs is 1. The SMILES string of the molecule is Cc1ccc(S(C)(=O)=O)cc1C(=O)N1c2ccccc2CCC1C. The predicted octanol–water partition coefficient (Wildman–Crippen LogP) is 3.38. The highest BCUT2D eigenvalue weighted by Gasteiger charge is 2.29. The predicted molar refractivity (Wildman–Crippen MR) is 95.3 cm³/mol. The fraction of sp³-hybridized carbons (Fsp3) is 0.316. The Labute approximate surface area is 143 Å². The van der Waals surface area contributed by atoms with E-state index in [0.717, 1.165) is 35.9 Å². The minimum absolute atomic E-state index is 0.0775. The number of aryl methyl sites for hydroxylation is 2. The standard InChI is InChI=1S/C19H21NO3S/c1-13-8-11-16(24(3,22)23)12-17(13)19(21)20-14(2)9-10-15-6-4-5-7-18(15)20/h4-8,11-12,14H,9-10H2,1-3H3. The highest BCUT2D eigenvalue weighted by atomic mass is 32.2. The third kappa shape index (κ3) is 2.96. The first-order valence-electron chi connectivity index (χ1n) is 8.01. The van der Waals surface area contributed by atoms with Gasteiger partial charge in [0.15, 0.2) is 9.84 Å². The van der Waals surface area contributed by atoms with E-state index >= 15 is 0 Å². The highest BCUT2D eigenvalue weighted by molar-refractivity contribution is 7.90. The molecule has 3 rings (SSSR count). The Balaban J connectivity index is 2.10. The number of para-hydroxylation sites is 1. The molecule has 0 radical (unpaired) electrons. The molecule has 2 aromatic carbocycles. The van der Waals surface area contributed by atoms with E-state index in [1.807, 2.05) is 38.1 Å². The summed E-state index contributed by atoms with van der Waals surface area (Å²) in [4.78, 5) is 15.2. The van der Waals surface area contributed by atoms with Gasteiger partial charge in [-0.2, -0.15) is 0 Å². The van der Waals surface area contributed by atoms with Gasteiger partial charge in [0.1, 0.15) is 0 Å². The summed E-state index contributed by atoms with van der Waals surface area (Å²) >= 11 is 0. The first kappa shape index (κ1) is 16.7. The summed E-state index contributed by atoms with van der Waals surface area (Å²) in [5.74, 6) is -0.141. The van der Waals surface area contributed by atoms with Crippen LogP contribution in [0.1, 0.15) is 34.8 Å². The summed E-state index contributed by atoms with van der Waals surface area (Å²) in [5, 5.41) is 0. The number of amides is 1. The van der Waals surface area contributed by atoms with Gasteiger partial charge in [0.25, 0.3) is 5.91 Å². The van der Waals surface area contributed by atoms with Crippen LogP contribution < -0.4 is 4.90 Å². The Kier molecular flexibility index (Phi) is 4.22. The zero-order valence-corrected chi connectivity index (χ0v) is 14.9. The van der Waals surface area contributed by atoms with Crippen LogP contribution in [0.15, 0.2) is 47.4 Å². The number of nitrogens with zero attached hydrogens (tertiary/aromatic N) is 1. The second-order valence-electron chi connectivity index (χ2n) is 6.44. The van der Waals surface area contributed by atoms with Crippen molar-refractivity contribution in [1.82, 2.24) is 0 Å². The van der Waals surface area contributed by atoms with Gasteiger partial charge >= 0.3 is 0 Å². The molecule has 5 heteroatoms. The van der Waals surface area contributed by atoms with Crippen molar-refractivity contribution < 1.29 is 13.2 Å². The zero-order chi connectivity index (χ0) is 17.5. The highest BCUT2D eigenvalue weighted by Crippen LogP contribution is 2.32. The van der Waals surface area contributed by atoms with Crippen molar-refractivity contribution in [3.8, 4) is 0 Å². The molecule has 4 nitrogen and oxygen atoms in total. The van der Waals surface area contributed by atoms with Gasteiger partial charge in [0.05, 0.1) is 4.90 Å². The molecular formula is C19H21NO3S. The lowest BCUT2D eigenvalue weighted by molar-refractivity contribution is 0.0974. The lowest BCUT2D eigenvalue weighted by Gasteiger charge is -2.35. The van der Waals surface area contributed by atoms with Gasteiger partial charge in [-0.25, -0.2) is 8.42 Å². The summed E-state index contributed by atoms with van der Waals surface area (Å²) in [6.07, 6.45) is 3.00. The normalized spacial score (nSPS) is 17.5. The van der Waals surface area contributed by atoms with Gasteiger partial charge in [-0.05, 0) is 56.0 Å². The number of benzene rings is 2. The largest absolute Gasteiger partial charge is 0.305 e. The van der Waals surface area contributed by atoms with Crippen LogP contribution in [0.2, 0.25) is 0 Å². The third-order valence-electron chi connectivity index (χ3n) is 4.61. The second kappa shape index (κ2) is 6.06. The molecule has 0 saturated heterocycles. The van der Waals surface area contributed by atoms with Crippen LogP contribution in [-0.4, -0.2) is 26.6 Å². The molecule has 126 valence electrons. The van der Waals surface area contributed by atoms with Crippen molar-refractivity contribution in [2.45, 2.75) is 37.6 Å². The molecule has 1 atom stereocenters. The van der Waals surface area contributed by atoms with Crippen LogP contribution in [0.3, 0.4) is 0 Å². The Morgan fingerprint density at radius 3 is 2.58 bits per heavy atom. The minimum atomic E-state index is -3.35. The average Bonchev–Trinajstić information content (AvgIpc) is 2.53. The first-order valence-corrected chi connectivity index (χ1v) is 9.90. The summed E-state index contributed by atoms with van der Waals surface area (Å²) in [5.41, 5.74) is 3.30. The summed E-state index contributed by atoms with van der Waals surface area (Å²) in [6.45, 7) is 3.86. The lowest BCUT2D eigenvalue weighted by Crippen LogP contribution is -2.42. The van der Waals surface area contributed by atoms with Gasteiger partial charge in [-0.3, -0.25) is 4.79 Å². The van der Waals surface area contributed by atoms with Crippen molar-refractivity contribution in [2.24, 2.45) is 0 Å². The van der Waals surface area contributed by atoms with Crippen LogP contribution in [0, 0.1) is 6.92 Å². The van der Waals surface area contributed by atoms with E-state index in [4.69, 9.17) is 0 Å². The Morgan fingerprint density at radius 2 is 1.88 bits per heavy atom. The molecular weight excluding hydrogens is 322 g/mol. The van der Waals surface area contributed by atoms with E-state index in [1.54, 1.807) is 17.0 Å². The van der Waals surface area contributed by atoms with Crippen LogP contribution in [0.5, 0.6) is 0 Å². The van der Waals surface area contributed by atoms with Gasteiger partial charge in [0, 0.05) is 23.5 Å². The Bertz CT molecular complexity index is 903. The van der Waals surface area contributed by atoms with Crippen LogP contribution in [-0.2, 0) is 16.3 Å². The van der Waals surface area contributed by atoms with Gasteiger partial charge in [0.2, 0.25) is 0 Å². The molecule has 1 aliphatic heterocycles. The van der Waals surface area contributed by atoms with Gasteiger partial charge in [-0.15, -0.1) is 0 Å². The van der Waals surface area contributed by atoms with Crippen molar-refractivity contribution in [2.75, 3.05) is 11.2 Å². The molecule has 0 aliphatic carbocycles. The molecule has 0 N–H and O–H groups in total. The maximum atomic E-state index is 13.2. The third-order valence-corrected chi connectivity index (χ3v) is 5.72. The van der Waals surface area contributed by atoms with E-state index in [1.165, 1.54) is 6.07 Å². The second-order valence-corrected chi connectivity index (χ2v) is 8.46. The molecule has 0 spiro atoms. The number of sulfone groups is 1. The quantitative estimate of drug-likeness (QED) is 0.840. The molecule has 0 aromatic heterocycles. The Hall–Kier alpha value is -2.14. The zero-order valence-electron chi connectivity index (χ0n) is 14.1. The number of carbonyl (C=O) groups excluding carboxylic acids is 1. The van der Waals surface area contributed by atoms with E-state index in [9.17, 15) is 13.2 Å². The number of rotatable bonds is 2. The number of hydrogen-bond acceptors (Lipinski definition) is 3. The van der Waals surface area contributed by atoms with Crippen LogP contribution in [0.25, 0.3) is 0 Å². The van der Waals surface area contributed by atoms with Crippen LogP contribution in [0.4, 0.5) is 5.69 Å². The van der Waals surface area contributed by atoms with Crippen molar-refractivity contribution >= 4 is 21.4 Å². The fourth-order valence-electron chi connectivity index (χ4n) is 3.19. The molecule has 0 fully saturated rings. The minimum Gasteiger partial charge on any atom is -0.305 e. The summed E-state index contributed by atoms with van der Waals surface area (Å²) in [6, 6.07) is 12.7. The maximum absolute atomic E-state index is 13.2. The maximum Gasteiger partial charge on any atom is 0.258 e. The summed E-state index contributed by atoms with van der Waals surface area (Å²) in [7, 11) is -3.35. The monoisotopic (exact) mass is 343 g/mol. The molecule has 1 aliphatic rings. The van der Waals surface area contributed by atoms with Crippen LogP contribution >= 0.6 is 0 Å². The van der Waals surface area contributed by atoms with E-state index in [2.05, 4.69) is 0 Å². The van der Waals surface area contributed by atoms with Gasteiger partial charge in [-0.1, -0.05) is 24.3 Å². The molecule has 2 aromatic rings. The van der Waals surface area contributed by atoms with E-state index in [-0.39, 0.29) is 16.8 Å². The Morgan fingerprint density at radius 1 is 1.17 bits per heavy atom. The molecule has 24 heavy (non-hydrogen) atoms. The molecule has 1 amide bonds. The first-order chi connectivity index (χ1) is 11.3. The molecule has 0 bridgehead atoms. The molecule has 0 saturated carbocycles. The van der Waals surface area contributed by atoms with Crippen molar-refractivity contribution in [3.63, 3.8) is 0 Å². The molecule has 1 heterocycles.